The minimum absolute atomic E-state index is 0.0278. The number of aryl methyl sites for hydroxylation is 1. The SMILES string of the molecule is COc1ccc2c(c1)C(=O)CCN2S(=O)(=O)c1ccc(F)cc1C. The van der Waals surface area contributed by atoms with E-state index in [0.29, 0.717) is 22.6 Å². The Bertz CT molecular complexity index is 924. The summed E-state index contributed by atoms with van der Waals surface area (Å²) in [6.45, 7) is 1.59. The van der Waals surface area contributed by atoms with Crippen LogP contribution < -0.4 is 9.04 Å². The summed E-state index contributed by atoms with van der Waals surface area (Å²) < 4.78 is 45.6. The average molecular weight is 349 g/mol. The van der Waals surface area contributed by atoms with Gasteiger partial charge in [-0.25, -0.2) is 12.8 Å². The molecular weight excluding hydrogens is 333 g/mol. The molecule has 0 unspecified atom stereocenters. The molecule has 1 heterocycles. The number of hydrogen-bond acceptors (Lipinski definition) is 4. The normalized spacial score (nSPS) is 14.5. The van der Waals surface area contributed by atoms with Crippen molar-refractivity contribution in [1.29, 1.82) is 0 Å². The van der Waals surface area contributed by atoms with Crippen molar-refractivity contribution in [1.82, 2.24) is 0 Å². The summed E-state index contributed by atoms with van der Waals surface area (Å²) in [4.78, 5) is 12.2. The van der Waals surface area contributed by atoms with E-state index in [1.165, 1.54) is 29.6 Å². The quantitative estimate of drug-likeness (QED) is 0.855. The fourth-order valence-corrected chi connectivity index (χ4v) is 4.50. The molecule has 7 heteroatoms. The highest BCUT2D eigenvalue weighted by molar-refractivity contribution is 7.92. The second kappa shape index (κ2) is 5.90. The first-order chi connectivity index (χ1) is 11.3. The Morgan fingerprint density at radius 3 is 2.58 bits per heavy atom. The molecule has 0 aliphatic carbocycles. The molecule has 2 aromatic carbocycles. The molecule has 0 saturated carbocycles. The summed E-state index contributed by atoms with van der Waals surface area (Å²) in [5, 5.41) is 0. The van der Waals surface area contributed by atoms with E-state index in [4.69, 9.17) is 4.74 Å². The van der Waals surface area contributed by atoms with Crippen molar-refractivity contribution in [3.63, 3.8) is 0 Å². The van der Waals surface area contributed by atoms with Gasteiger partial charge in [0, 0.05) is 18.5 Å². The molecule has 5 nitrogen and oxygen atoms in total. The molecule has 126 valence electrons. The predicted octanol–water partition coefficient (Wildman–Crippen LogP) is 2.92. The van der Waals surface area contributed by atoms with Crippen molar-refractivity contribution in [2.75, 3.05) is 18.0 Å². The first-order valence-electron chi connectivity index (χ1n) is 7.34. The smallest absolute Gasteiger partial charge is 0.264 e. The van der Waals surface area contributed by atoms with E-state index in [2.05, 4.69) is 0 Å². The Morgan fingerprint density at radius 2 is 1.92 bits per heavy atom. The van der Waals surface area contributed by atoms with Gasteiger partial charge in [0.25, 0.3) is 10.0 Å². The van der Waals surface area contributed by atoms with E-state index >= 15 is 0 Å². The summed E-state index contributed by atoms with van der Waals surface area (Å²) in [6.07, 6.45) is 0.0830. The molecule has 0 spiro atoms. The minimum atomic E-state index is -3.89. The number of ketones is 1. The molecule has 0 saturated heterocycles. The van der Waals surface area contributed by atoms with E-state index < -0.39 is 15.8 Å². The van der Waals surface area contributed by atoms with Crippen LogP contribution in [0, 0.1) is 12.7 Å². The number of anilines is 1. The number of carbonyl (C=O) groups excluding carboxylic acids is 1. The lowest BCUT2D eigenvalue weighted by Crippen LogP contribution is -2.37. The van der Waals surface area contributed by atoms with Crippen molar-refractivity contribution in [3.8, 4) is 5.75 Å². The minimum Gasteiger partial charge on any atom is -0.497 e. The van der Waals surface area contributed by atoms with E-state index in [0.717, 1.165) is 6.07 Å². The molecule has 3 rings (SSSR count). The first kappa shape index (κ1) is 16.4. The number of fused-ring (bicyclic) bond motifs is 1. The van der Waals surface area contributed by atoms with E-state index in [1.54, 1.807) is 19.1 Å². The summed E-state index contributed by atoms with van der Waals surface area (Å²) in [5.41, 5.74) is 0.946. The summed E-state index contributed by atoms with van der Waals surface area (Å²) >= 11 is 0. The molecule has 0 fully saturated rings. The van der Waals surface area contributed by atoms with Gasteiger partial charge < -0.3 is 4.74 Å². The zero-order valence-corrected chi connectivity index (χ0v) is 14.1. The van der Waals surface area contributed by atoms with Crippen LogP contribution in [-0.2, 0) is 10.0 Å². The average Bonchev–Trinajstić information content (AvgIpc) is 2.54. The van der Waals surface area contributed by atoms with Crippen LogP contribution in [0.1, 0.15) is 22.3 Å². The van der Waals surface area contributed by atoms with Crippen LogP contribution in [0.25, 0.3) is 0 Å². The van der Waals surface area contributed by atoms with Crippen LogP contribution >= 0.6 is 0 Å². The number of sulfonamides is 1. The lowest BCUT2D eigenvalue weighted by Gasteiger charge is -2.30. The van der Waals surface area contributed by atoms with Crippen molar-refractivity contribution in [2.45, 2.75) is 18.2 Å². The molecule has 0 amide bonds. The zero-order valence-electron chi connectivity index (χ0n) is 13.2. The highest BCUT2D eigenvalue weighted by Crippen LogP contribution is 2.35. The van der Waals surface area contributed by atoms with E-state index in [1.807, 2.05) is 0 Å². The van der Waals surface area contributed by atoms with Gasteiger partial charge >= 0.3 is 0 Å². The number of halogens is 1. The molecular formula is C17H16FNO4S. The van der Waals surface area contributed by atoms with Crippen LogP contribution in [-0.4, -0.2) is 27.9 Å². The lowest BCUT2D eigenvalue weighted by molar-refractivity contribution is 0.0981. The molecule has 1 aliphatic rings. The number of benzene rings is 2. The highest BCUT2D eigenvalue weighted by Gasteiger charge is 2.33. The molecule has 0 aromatic heterocycles. The van der Waals surface area contributed by atoms with Gasteiger partial charge in [0.1, 0.15) is 11.6 Å². The third-order valence-electron chi connectivity index (χ3n) is 4.02. The van der Waals surface area contributed by atoms with Crippen LogP contribution in [0.2, 0.25) is 0 Å². The van der Waals surface area contributed by atoms with Gasteiger partial charge in [-0.15, -0.1) is 0 Å². The number of hydrogen-bond donors (Lipinski definition) is 0. The Kier molecular flexibility index (Phi) is 4.04. The van der Waals surface area contributed by atoms with Crippen LogP contribution in [0.4, 0.5) is 10.1 Å². The van der Waals surface area contributed by atoms with Crippen molar-refractivity contribution < 1.29 is 22.3 Å². The zero-order chi connectivity index (χ0) is 17.5. The van der Waals surface area contributed by atoms with E-state index in [-0.39, 0.29) is 23.6 Å². The molecule has 2 aromatic rings. The number of rotatable bonds is 3. The maximum atomic E-state index is 13.3. The largest absolute Gasteiger partial charge is 0.497 e. The maximum absolute atomic E-state index is 13.3. The number of methoxy groups -OCH3 is 1. The second-order valence-electron chi connectivity index (χ2n) is 5.54. The highest BCUT2D eigenvalue weighted by atomic mass is 32.2. The third-order valence-corrected chi connectivity index (χ3v) is 5.99. The molecule has 24 heavy (non-hydrogen) atoms. The van der Waals surface area contributed by atoms with Crippen LogP contribution in [0.15, 0.2) is 41.3 Å². The lowest BCUT2D eigenvalue weighted by atomic mass is 10.0. The van der Waals surface area contributed by atoms with E-state index in [9.17, 15) is 17.6 Å². The fourth-order valence-electron chi connectivity index (χ4n) is 2.81. The Balaban J connectivity index is 2.13. The number of nitrogens with zero attached hydrogens (tertiary/aromatic N) is 1. The Labute approximate surface area is 139 Å². The Morgan fingerprint density at radius 1 is 1.17 bits per heavy atom. The summed E-state index contributed by atoms with van der Waals surface area (Å²) in [5.74, 6) is -0.143. The first-order valence-corrected chi connectivity index (χ1v) is 8.79. The summed E-state index contributed by atoms with van der Waals surface area (Å²) in [7, 11) is -2.41. The van der Waals surface area contributed by atoms with Crippen molar-refractivity contribution in [3.05, 3.63) is 53.3 Å². The van der Waals surface area contributed by atoms with Crippen LogP contribution in [0.5, 0.6) is 5.75 Å². The number of ether oxygens (including phenoxy) is 1. The van der Waals surface area contributed by atoms with Gasteiger partial charge in [0.15, 0.2) is 5.78 Å². The molecule has 0 bridgehead atoms. The standard InChI is InChI=1S/C17H16FNO4S/c1-11-9-12(18)3-6-17(11)24(21,22)19-8-7-16(20)14-10-13(23-2)4-5-15(14)19/h3-6,9-10H,7-8H2,1-2H3. The maximum Gasteiger partial charge on any atom is 0.264 e. The third kappa shape index (κ3) is 2.65. The Hall–Kier alpha value is -2.41. The molecule has 0 radical (unpaired) electrons. The van der Waals surface area contributed by atoms with Crippen molar-refractivity contribution in [2.24, 2.45) is 0 Å². The van der Waals surface area contributed by atoms with Crippen LogP contribution in [0.3, 0.4) is 0 Å². The number of Topliss-reactive ketones (excluding diaryl/α,β-unsaturated/α-hetero) is 1. The topological polar surface area (TPSA) is 63.7 Å². The van der Waals surface area contributed by atoms with Gasteiger partial charge in [-0.05, 0) is 48.9 Å². The molecule has 1 aliphatic heterocycles. The number of carbonyl (C=O) groups is 1. The molecule has 0 atom stereocenters. The summed E-state index contributed by atoms with van der Waals surface area (Å²) in [6, 6.07) is 8.25. The van der Waals surface area contributed by atoms with Gasteiger partial charge in [-0.2, -0.15) is 0 Å². The van der Waals surface area contributed by atoms with Gasteiger partial charge in [-0.1, -0.05) is 0 Å². The second-order valence-corrected chi connectivity index (χ2v) is 7.37. The van der Waals surface area contributed by atoms with Gasteiger partial charge in [-0.3, -0.25) is 9.10 Å². The monoisotopic (exact) mass is 349 g/mol. The predicted molar refractivity (Wildman–Crippen MR) is 87.6 cm³/mol. The van der Waals surface area contributed by atoms with Crippen molar-refractivity contribution >= 4 is 21.5 Å². The van der Waals surface area contributed by atoms with Gasteiger partial charge in [0.2, 0.25) is 0 Å². The fraction of sp³-hybridized carbons (Fsp3) is 0.235. The van der Waals surface area contributed by atoms with Gasteiger partial charge in [0.05, 0.1) is 17.7 Å². The molecule has 0 N–H and O–H groups in total.